The molecule has 0 aliphatic heterocycles. The maximum Gasteiger partial charge on any atom is 0.251 e. The number of carbonyl (C=O) groups is 2. The van der Waals surface area contributed by atoms with Gasteiger partial charge in [0.15, 0.2) is 0 Å². The van der Waals surface area contributed by atoms with Crippen LogP contribution in [0.15, 0.2) is 60.0 Å². The lowest BCUT2D eigenvalue weighted by Gasteiger charge is -2.10. The van der Waals surface area contributed by atoms with Gasteiger partial charge in [-0.3, -0.25) is 14.7 Å². The minimum absolute atomic E-state index is 0.156. The van der Waals surface area contributed by atoms with Gasteiger partial charge in [-0.1, -0.05) is 30.3 Å². The van der Waals surface area contributed by atoms with Crippen LogP contribution in [-0.2, 0) is 11.2 Å². The summed E-state index contributed by atoms with van der Waals surface area (Å²) in [4.78, 5) is 22.8. The zero-order chi connectivity index (χ0) is 21.2. The van der Waals surface area contributed by atoms with Crippen molar-refractivity contribution in [3.8, 4) is 23.5 Å². The molecule has 0 fully saturated rings. The van der Waals surface area contributed by atoms with Crippen LogP contribution in [0.25, 0.3) is 11.1 Å². The van der Waals surface area contributed by atoms with Gasteiger partial charge in [0.05, 0.1) is 12.4 Å². The molecule has 7 heteroatoms. The average molecular weight is 399 g/mol. The maximum atomic E-state index is 12.3. The van der Waals surface area contributed by atoms with E-state index >= 15 is 0 Å². The van der Waals surface area contributed by atoms with Crippen LogP contribution in [0.5, 0.6) is 0 Å². The molecule has 30 heavy (non-hydrogen) atoms. The summed E-state index contributed by atoms with van der Waals surface area (Å²) in [6.45, 7) is 0.441. The Hall–Kier alpha value is -4.18. The van der Waals surface area contributed by atoms with Crippen LogP contribution >= 0.6 is 0 Å². The summed E-state index contributed by atoms with van der Waals surface area (Å²) in [5.41, 5.74) is 7.66. The molecule has 3 aromatic rings. The molecule has 0 radical (unpaired) electrons. The van der Waals surface area contributed by atoms with E-state index in [1.807, 2.05) is 42.6 Å². The number of nitrogens with one attached hydrogen (secondary N) is 3. The summed E-state index contributed by atoms with van der Waals surface area (Å²) < 4.78 is 0. The molecule has 0 atom stereocenters. The topological polar surface area (TPSA) is 99.2 Å². The second-order valence-electron chi connectivity index (χ2n) is 6.49. The summed E-state index contributed by atoms with van der Waals surface area (Å²) >= 11 is 0. The van der Waals surface area contributed by atoms with Crippen LogP contribution < -0.4 is 10.7 Å². The number of hydrogen-bond donors (Lipinski definition) is 3. The van der Waals surface area contributed by atoms with Gasteiger partial charge in [-0.2, -0.15) is 10.2 Å². The lowest BCUT2D eigenvalue weighted by atomic mass is 9.95. The lowest BCUT2D eigenvalue weighted by molar-refractivity contribution is -0.109. The minimum atomic E-state index is -0.156. The van der Waals surface area contributed by atoms with Crippen LogP contribution in [0.1, 0.15) is 33.5 Å². The number of benzene rings is 2. The van der Waals surface area contributed by atoms with Crippen molar-refractivity contribution >= 4 is 18.5 Å². The Morgan fingerprint density at radius 3 is 2.90 bits per heavy atom. The van der Waals surface area contributed by atoms with Gasteiger partial charge in [0.25, 0.3) is 5.91 Å². The predicted octanol–water partition coefficient (Wildman–Crippen LogP) is 2.50. The first kappa shape index (κ1) is 20.6. The van der Waals surface area contributed by atoms with E-state index in [2.05, 4.69) is 32.0 Å². The van der Waals surface area contributed by atoms with E-state index in [-0.39, 0.29) is 5.91 Å². The van der Waals surface area contributed by atoms with E-state index in [9.17, 15) is 9.59 Å². The Morgan fingerprint density at radius 2 is 2.13 bits per heavy atom. The van der Waals surface area contributed by atoms with Gasteiger partial charge >= 0.3 is 0 Å². The van der Waals surface area contributed by atoms with E-state index < -0.39 is 0 Å². The van der Waals surface area contributed by atoms with Gasteiger partial charge in [-0.05, 0) is 40.8 Å². The molecule has 0 bridgehead atoms. The fourth-order valence-corrected chi connectivity index (χ4v) is 3.00. The predicted molar refractivity (Wildman–Crippen MR) is 116 cm³/mol. The Kier molecular flexibility index (Phi) is 7.12. The molecule has 150 valence electrons. The van der Waals surface area contributed by atoms with Crippen LogP contribution in [-0.4, -0.2) is 35.3 Å². The Bertz CT molecular complexity index is 1080. The molecular formula is C23H21N5O2. The Balaban J connectivity index is 1.87. The summed E-state index contributed by atoms with van der Waals surface area (Å²) in [5.74, 6) is 2.35. The maximum absolute atomic E-state index is 12.3. The summed E-state index contributed by atoms with van der Waals surface area (Å²) in [5, 5.41) is 13.5. The highest BCUT2D eigenvalue weighted by molar-refractivity contribution is 5.94. The number of terminal acetylenes is 1. The monoisotopic (exact) mass is 399 g/mol. The molecule has 0 unspecified atom stereocenters. The Labute approximate surface area is 174 Å². The quantitative estimate of drug-likeness (QED) is 0.169. The minimum Gasteiger partial charge on any atom is -0.351 e. The van der Waals surface area contributed by atoms with Crippen LogP contribution in [0.3, 0.4) is 0 Å². The third kappa shape index (κ3) is 5.42. The summed E-state index contributed by atoms with van der Waals surface area (Å²) in [7, 11) is 0. The van der Waals surface area contributed by atoms with Crippen molar-refractivity contribution in [1.82, 2.24) is 20.9 Å². The largest absolute Gasteiger partial charge is 0.351 e. The van der Waals surface area contributed by atoms with Gasteiger partial charge in [0.2, 0.25) is 6.41 Å². The third-order valence-corrected chi connectivity index (χ3v) is 4.44. The highest BCUT2D eigenvalue weighted by atomic mass is 16.1. The number of hydrogen-bond acceptors (Lipinski definition) is 4. The van der Waals surface area contributed by atoms with Crippen LogP contribution in [0.4, 0.5) is 0 Å². The standard InChI is InChI=1S/C23H21N5O2/c1-2-3-9-24-23(30)19-6-4-5-17(10-19)11-21-12-18(22-14-25-26-15-22)7-8-20(21)13-27-28-16-29/h1,4-8,10,12-16H,3,9,11H2,(H,24,30)(H,25,26)(H,28,29)/b27-13-. The fourth-order valence-electron chi connectivity index (χ4n) is 3.00. The zero-order valence-corrected chi connectivity index (χ0v) is 16.3. The molecule has 3 N–H and O–H groups in total. The first-order valence-electron chi connectivity index (χ1n) is 9.36. The van der Waals surface area contributed by atoms with E-state index in [0.29, 0.717) is 31.4 Å². The van der Waals surface area contributed by atoms with Crippen LogP contribution in [0.2, 0.25) is 0 Å². The van der Waals surface area contributed by atoms with E-state index in [1.54, 1.807) is 18.5 Å². The van der Waals surface area contributed by atoms with E-state index in [4.69, 9.17) is 6.42 Å². The highest BCUT2D eigenvalue weighted by Crippen LogP contribution is 2.23. The van der Waals surface area contributed by atoms with Gasteiger partial charge in [-0.15, -0.1) is 12.3 Å². The number of aromatic amines is 1. The van der Waals surface area contributed by atoms with Gasteiger partial charge in [0.1, 0.15) is 0 Å². The summed E-state index contributed by atoms with van der Waals surface area (Å²) in [6, 6.07) is 13.4. The Morgan fingerprint density at radius 1 is 1.23 bits per heavy atom. The van der Waals surface area contributed by atoms with Crippen molar-refractivity contribution in [1.29, 1.82) is 0 Å². The first-order valence-corrected chi connectivity index (χ1v) is 9.36. The molecule has 3 rings (SSSR count). The molecule has 0 aliphatic carbocycles. The molecule has 1 heterocycles. The highest BCUT2D eigenvalue weighted by Gasteiger charge is 2.09. The second-order valence-corrected chi connectivity index (χ2v) is 6.49. The van der Waals surface area contributed by atoms with Gasteiger partial charge < -0.3 is 5.32 Å². The molecule has 0 spiro atoms. The van der Waals surface area contributed by atoms with Crippen LogP contribution in [0, 0.1) is 12.3 Å². The number of rotatable bonds is 9. The van der Waals surface area contributed by atoms with Gasteiger partial charge in [-0.25, -0.2) is 5.43 Å². The normalized spacial score (nSPS) is 10.5. The second kappa shape index (κ2) is 10.4. The van der Waals surface area contributed by atoms with Crippen molar-refractivity contribution in [3.63, 3.8) is 0 Å². The van der Waals surface area contributed by atoms with E-state index in [0.717, 1.165) is 27.8 Å². The molecule has 7 nitrogen and oxygen atoms in total. The first-order chi connectivity index (χ1) is 14.7. The SMILES string of the molecule is C#CCCNC(=O)c1cccc(Cc2cc(-c3cn[nH]c3)ccc2/C=N\NC=O)c1. The molecular weight excluding hydrogens is 378 g/mol. The lowest BCUT2D eigenvalue weighted by Crippen LogP contribution is -2.24. The van der Waals surface area contributed by atoms with Crippen molar-refractivity contribution in [3.05, 3.63) is 77.1 Å². The molecule has 2 aromatic carbocycles. The smallest absolute Gasteiger partial charge is 0.251 e. The number of aromatic nitrogens is 2. The van der Waals surface area contributed by atoms with Crippen molar-refractivity contribution < 1.29 is 9.59 Å². The molecule has 2 amide bonds. The third-order valence-electron chi connectivity index (χ3n) is 4.44. The van der Waals surface area contributed by atoms with Crippen molar-refractivity contribution in [2.24, 2.45) is 5.10 Å². The fraction of sp³-hybridized carbons (Fsp3) is 0.130. The zero-order valence-electron chi connectivity index (χ0n) is 16.3. The van der Waals surface area contributed by atoms with E-state index in [1.165, 1.54) is 0 Å². The molecule has 0 saturated heterocycles. The molecule has 0 aliphatic rings. The number of hydrazone groups is 1. The number of nitrogens with zero attached hydrogens (tertiary/aromatic N) is 2. The summed E-state index contributed by atoms with van der Waals surface area (Å²) in [6.07, 6.45) is 12.0. The van der Waals surface area contributed by atoms with Gasteiger partial charge in [0, 0.05) is 30.3 Å². The molecule has 1 aromatic heterocycles. The average Bonchev–Trinajstić information content (AvgIpc) is 3.30. The molecule has 0 saturated carbocycles. The number of amides is 2. The van der Waals surface area contributed by atoms with Crippen molar-refractivity contribution in [2.75, 3.05) is 6.54 Å². The van der Waals surface area contributed by atoms with Crippen molar-refractivity contribution in [2.45, 2.75) is 12.8 Å². The number of carbonyl (C=O) groups excluding carboxylic acids is 2. The number of H-pyrrole nitrogens is 1.